The van der Waals surface area contributed by atoms with Gasteiger partial charge in [0.1, 0.15) is 0 Å². The molecule has 20 heavy (non-hydrogen) atoms. The SMILES string of the molecule is CCN(CC)C(=O)CCn1c(=S)[nH]c2c(Cl)cccc21. The van der Waals surface area contributed by atoms with Gasteiger partial charge in [-0.3, -0.25) is 4.79 Å². The Kier molecular flexibility index (Phi) is 4.83. The largest absolute Gasteiger partial charge is 0.343 e. The Morgan fingerprint density at radius 2 is 2.10 bits per heavy atom. The lowest BCUT2D eigenvalue weighted by atomic mass is 10.3. The van der Waals surface area contributed by atoms with Gasteiger partial charge in [-0.2, -0.15) is 0 Å². The number of rotatable bonds is 5. The first-order chi connectivity index (χ1) is 9.58. The van der Waals surface area contributed by atoms with Crippen molar-refractivity contribution < 1.29 is 4.79 Å². The Hall–Kier alpha value is -1.33. The summed E-state index contributed by atoms with van der Waals surface area (Å²) in [5.74, 6) is 0.147. The molecule has 1 heterocycles. The summed E-state index contributed by atoms with van der Waals surface area (Å²) >= 11 is 11.4. The average molecular weight is 312 g/mol. The second kappa shape index (κ2) is 6.41. The van der Waals surface area contributed by atoms with E-state index in [1.54, 1.807) is 0 Å². The highest BCUT2D eigenvalue weighted by atomic mass is 35.5. The number of benzene rings is 1. The van der Waals surface area contributed by atoms with Crippen LogP contribution in [0.15, 0.2) is 18.2 Å². The van der Waals surface area contributed by atoms with E-state index in [0.717, 1.165) is 24.1 Å². The molecule has 0 radical (unpaired) electrons. The number of hydrogen-bond acceptors (Lipinski definition) is 2. The van der Waals surface area contributed by atoms with Crippen LogP contribution in [0.2, 0.25) is 5.02 Å². The summed E-state index contributed by atoms with van der Waals surface area (Å²) in [7, 11) is 0. The predicted molar refractivity (Wildman–Crippen MR) is 84.7 cm³/mol. The summed E-state index contributed by atoms with van der Waals surface area (Å²) in [6.07, 6.45) is 0.440. The molecule has 0 spiro atoms. The minimum absolute atomic E-state index is 0.147. The molecule has 0 atom stereocenters. The Morgan fingerprint density at radius 1 is 1.40 bits per heavy atom. The number of carbonyl (C=O) groups excluding carboxylic acids is 1. The van der Waals surface area contributed by atoms with Gasteiger partial charge in [0, 0.05) is 26.1 Å². The fourth-order valence-electron chi connectivity index (χ4n) is 2.31. The van der Waals surface area contributed by atoms with Crippen LogP contribution in [0.1, 0.15) is 20.3 Å². The van der Waals surface area contributed by atoms with Crippen molar-refractivity contribution in [3.8, 4) is 0 Å². The average Bonchev–Trinajstić information content (AvgIpc) is 2.75. The highest BCUT2D eigenvalue weighted by molar-refractivity contribution is 7.71. The normalized spacial score (nSPS) is 10.9. The van der Waals surface area contributed by atoms with Gasteiger partial charge in [0.25, 0.3) is 0 Å². The molecule has 0 bridgehead atoms. The van der Waals surface area contributed by atoms with Crippen molar-refractivity contribution in [1.82, 2.24) is 14.5 Å². The lowest BCUT2D eigenvalue weighted by Gasteiger charge is -2.18. The summed E-state index contributed by atoms with van der Waals surface area (Å²) in [6, 6.07) is 5.66. The van der Waals surface area contributed by atoms with Gasteiger partial charge in [0.2, 0.25) is 5.91 Å². The van der Waals surface area contributed by atoms with E-state index in [9.17, 15) is 4.79 Å². The predicted octanol–water partition coefficient (Wildman–Crippen LogP) is 3.61. The molecular formula is C14H18ClN3OS. The Bertz CT molecular complexity index is 673. The molecule has 1 aromatic heterocycles. The van der Waals surface area contributed by atoms with Crippen molar-refractivity contribution in [2.75, 3.05) is 13.1 Å². The Morgan fingerprint density at radius 3 is 2.75 bits per heavy atom. The van der Waals surface area contributed by atoms with Gasteiger partial charge in [-0.1, -0.05) is 17.7 Å². The first kappa shape index (κ1) is 15.1. The molecule has 0 fully saturated rings. The van der Waals surface area contributed by atoms with Gasteiger partial charge in [0.15, 0.2) is 4.77 Å². The number of hydrogen-bond donors (Lipinski definition) is 1. The standard InChI is InChI=1S/C14H18ClN3OS/c1-3-17(4-2)12(19)8-9-18-11-7-5-6-10(15)13(11)16-14(18)20/h5-7H,3-4,8-9H2,1-2H3,(H,16,20). The van der Waals surface area contributed by atoms with Crippen molar-refractivity contribution in [3.63, 3.8) is 0 Å². The number of nitrogens with zero attached hydrogens (tertiary/aromatic N) is 2. The number of H-pyrrole nitrogens is 1. The van der Waals surface area contributed by atoms with Gasteiger partial charge < -0.3 is 14.5 Å². The number of halogens is 1. The molecule has 1 aromatic carbocycles. The highest BCUT2D eigenvalue weighted by Crippen LogP contribution is 2.22. The topological polar surface area (TPSA) is 41.0 Å². The monoisotopic (exact) mass is 311 g/mol. The van der Waals surface area contributed by atoms with E-state index in [2.05, 4.69) is 4.98 Å². The van der Waals surface area contributed by atoms with E-state index in [1.165, 1.54) is 0 Å². The fraction of sp³-hybridized carbons (Fsp3) is 0.429. The second-order valence-electron chi connectivity index (χ2n) is 4.53. The number of para-hydroxylation sites is 1. The summed E-state index contributed by atoms with van der Waals surface area (Å²) in [5, 5.41) is 0.641. The molecule has 0 aliphatic carbocycles. The molecular weight excluding hydrogens is 294 g/mol. The van der Waals surface area contributed by atoms with Crippen LogP contribution in [0.5, 0.6) is 0 Å². The molecule has 6 heteroatoms. The molecule has 0 saturated carbocycles. The van der Waals surface area contributed by atoms with Gasteiger partial charge in [0.05, 0.1) is 16.1 Å². The summed E-state index contributed by atoms with van der Waals surface area (Å²) in [5.41, 5.74) is 1.77. The molecule has 1 N–H and O–H groups in total. The van der Waals surface area contributed by atoms with Crippen LogP contribution < -0.4 is 0 Å². The second-order valence-corrected chi connectivity index (χ2v) is 5.33. The van der Waals surface area contributed by atoms with Crippen LogP contribution in [0.25, 0.3) is 11.0 Å². The summed E-state index contributed by atoms with van der Waals surface area (Å²) in [6.45, 7) is 6.01. The van der Waals surface area contributed by atoms with Crippen molar-refractivity contribution >= 4 is 40.8 Å². The third-order valence-corrected chi connectivity index (χ3v) is 4.06. The van der Waals surface area contributed by atoms with Crippen LogP contribution in [-0.2, 0) is 11.3 Å². The van der Waals surface area contributed by atoms with Crippen molar-refractivity contribution in [1.29, 1.82) is 0 Å². The number of aromatic nitrogens is 2. The minimum Gasteiger partial charge on any atom is -0.343 e. The first-order valence-electron chi connectivity index (χ1n) is 6.73. The quantitative estimate of drug-likeness (QED) is 0.857. The molecule has 1 amide bonds. The van der Waals surface area contributed by atoms with Crippen molar-refractivity contribution in [2.45, 2.75) is 26.8 Å². The number of aromatic amines is 1. The minimum atomic E-state index is 0.147. The molecule has 2 aromatic rings. The number of nitrogens with one attached hydrogen (secondary N) is 1. The van der Waals surface area contributed by atoms with Crippen molar-refractivity contribution in [2.24, 2.45) is 0 Å². The fourth-order valence-corrected chi connectivity index (χ4v) is 2.82. The molecule has 108 valence electrons. The van der Waals surface area contributed by atoms with E-state index in [4.69, 9.17) is 23.8 Å². The van der Waals surface area contributed by atoms with E-state index in [1.807, 2.05) is 41.5 Å². The third-order valence-electron chi connectivity index (χ3n) is 3.42. The Balaban J connectivity index is 2.23. The lowest BCUT2D eigenvalue weighted by Crippen LogP contribution is -2.31. The van der Waals surface area contributed by atoms with Crippen LogP contribution >= 0.6 is 23.8 Å². The molecule has 2 rings (SSSR count). The lowest BCUT2D eigenvalue weighted by molar-refractivity contribution is -0.131. The van der Waals surface area contributed by atoms with Crippen LogP contribution in [0, 0.1) is 4.77 Å². The first-order valence-corrected chi connectivity index (χ1v) is 7.51. The van der Waals surface area contributed by atoms with Gasteiger partial charge in [-0.25, -0.2) is 0 Å². The molecule has 4 nitrogen and oxygen atoms in total. The highest BCUT2D eigenvalue weighted by Gasteiger charge is 2.12. The number of aryl methyl sites for hydroxylation is 1. The van der Waals surface area contributed by atoms with Crippen molar-refractivity contribution in [3.05, 3.63) is 28.0 Å². The maximum absolute atomic E-state index is 12.1. The van der Waals surface area contributed by atoms with Crippen LogP contribution in [0.4, 0.5) is 0 Å². The maximum Gasteiger partial charge on any atom is 0.224 e. The van der Waals surface area contributed by atoms with Gasteiger partial charge in [-0.15, -0.1) is 0 Å². The van der Waals surface area contributed by atoms with Gasteiger partial charge >= 0.3 is 0 Å². The van der Waals surface area contributed by atoms with Crippen LogP contribution in [-0.4, -0.2) is 33.4 Å². The number of carbonyl (C=O) groups is 1. The molecule has 0 saturated heterocycles. The smallest absolute Gasteiger partial charge is 0.224 e. The summed E-state index contributed by atoms with van der Waals surface area (Å²) < 4.78 is 2.53. The number of imidazole rings is 1. The molecule has 0 aliphatic heterocycles. The Labute approximate surface area is 128 Å². The maximum atomic E-state index is 12.1. The number of amides is 1. The van der Waals surface area contributed by atoms with E-state index < -0.39 is 0 Å². The van der Waals surface area contributed by atoms with Gasteiger partial charge in [-0.05, 0) is 38.2 Å². The zero-order chi connectivity index (χ0) is 14.7. The van der Waals surface area contributed by atoms with E-state index in [0.29, 0.717) is 22.8 Å². The number of fused-ring (bicyclic) bond motifs is 1. The van der Waals surface area contributed by atoms with Crippen LogP contribution in [0.3, 0.4) is 0 Å². The molecule has 0 aliphatic rings. The zero-order valence-corrected chi connectivity index (χ0v) is 13.2. The van der Waals surface area contributed by atoms with E-state index >= 15 is 0 Å². The zero-order valence-electron chi connectivity index (χ0n) is 11.6. The third kappa shape index (κ3) is 2.88. The molecule has 0 unspecified atom stereocenters. The van der Waals surface area contributed by atoms with E-state index in [-0.39, 0.29) is 5.91 Å². The summed E-state index contributed by atoms with van der Waals surface area (Å²) in [4.78, 5) is 17.0.